The fourth-order valence-corrected chi connectivity index (χ4v) is 2.31. The van der Waals surface area contributed by atoms with E-state index < -0.39 is 0 Å². The Hall–Kier alpha value is -1.06. The zero-order valence-electron chi connectivity index (χ0n) is 8.99. The zero-order chi connectivity index (χ0) is 10.7. The molecule has 0 bridgehead atoms. The Labute approximate surface area is 93.9 Å². The summed E-state index contributed by atoms with van der Waals surface area (Å²) in [5, 5.41) is 3.43. The van der Waals surface area contributed by atoms with Crippen LogP contribution < -0.4 is 5.32 Å². The van der Waals surface area contributed by atoms with E-state index in [9.17, 15) is 0 Å². The zero-order valence-corrected chi connectivity index (χ0v) is 9.80. The van der Waals surface area contributed by atoms with E-state index in [1.165, 1.54) is 9.75 Å². The molecule has 0 saturated heterocycles. The van der Waals surface area contributed by atoms with Gasteiger partial charge in [0.1, 0.15) is 5.76 Å². The molecule has 1 N–H and O–H groups in total. The molecule has 0 spiro atoms. The van der Waals surface area contributed by atoms with Crippen molar-refractivity contribution in [3.63, 3.8) is 0 Å². The van der Waals surface area contributed by atoms with Crippen LogP contribution in [-0.2, 0) is 6.54 Å². The Morgan fingerprint density at radius 2 is 2.27 bits per heavy atom. The molecule has 0 saturated carbocycles. The van der Waals surface area contributed by atoms with Gasteiger partial charge in [0.25, 0.3) is 0 Å². The van der Waals surface area contributed by atoms with Gasteiger partial charge in [-0.05, 0) is 38.1 Å². The fraction of sp³-hybridized carbons (Fsp3) is 0.333. The fourth-order valence-electron chi connectivity index (χ4n) is 1.47. The number of nitrogens with one attached hydrogen (secondary N) is 1. The molecule has 0 fully saturated rings. The minimum Gasteiger partial charge on any atom is -0.468 e. The standard InChI is InChI=1S/C12H15NOS/c1-9-5-6-11(15-9)8-13-10(2)12-4-3-7-14-12/h3-7,10,13H,8H2,1-2H3/t10-/m1/s1. The van der Waals surface area contributed by atoms with E-state index in [2.05, 4.69) is 31.3 Å². The van der Waals surface area contributed by atoms with Crippen molar-refractivity contribution >= 4 is 11.3 Å². The summed E-state index contributed by atoms with van der Waals surface area (Å²) < 4.78 is 5.33. The van der Waals surface area contributed by atoms with E-state index in [0.717, 1.165) is 12.3 Å². The van der Waals surface area contributed by atoms with Gasteiger partial charge in [-0.2, -0.15) is 0 Å². The Bertz CT molecular complexity index is 405. The molecule has 3 heteroatoms. The Balaban J connectivity index is 1.88. The van der Waals surface area contributed by atoms with E-state index in [1.807, 2.05) is 23.5 Å². The quantitative estimate of drug-likeness (QED) is 0.854. The summed E-state index contributed by atoms with van der Waals surface area (Å²) in [6.07, 6.45) is 1.71. The van der Waals surface area contributed by atoms with Crippen molar-refractivity contribution in [2.75, 3.05) is 0 Å². The van der Waals surface area contributed by atoms with Crippen molar-refractivity contribution in [3.05, 3.63) is 46.0 Å². The van der Waals surface area contributed by atoms with Gasteiger partial charge in [-0.1, -0.05) is 0 Å². The predicted molar refractivity (Wildman–Crippen MR) is 63.0 cm³/mol. The first-order valence-electron chi connectivity index (χ1n) is 5.08. The lowest BCUT2D eigenvalue weighted by Gasteiger charge is -2.09. The maximum absolute atomic E-state index is 5.33. The summed E-state index contributed by atoms with van der Waals surface area (Å²) in [6, 6.07) is 8.50. The number of hydrogen-bond acceptors (Lipinski definition) is 3. The average Bonchev–Trinajstić information content (AvgIpc) is 2.84. The highest BCUT2D eigenvalue weighted by Crippen LogP contribution is 2.17. The molecule has 15 heavy (non-hydrogen) atoms. The highest BCUT2D eigenvalue weighted by atomic mass is 32.1. The third-order valence-corrected chi connectivity index (χ3v) is 3.35. The lowest BCUT2D eigenvalue weighted by molar-refractivity contribution is 0.431. The second kappa shape index (κ2) is 4.64. The van der Waals surface area contributed by atoms with E-state index in [-0.39, 0.29) is 6.04 Å². The van der Waals surface area contributed by atoms with Gasteiger partial charge in [0.05, 0.1) is 12.3 Å². The van der Waals surface area contributed by atoms with Crippen molar-refractivity contribution in [3.8, 4) is 0 Å². The van der Waals surface area contributed by atoms with Crippen LogP contribution in [0, 0.1) is 6.92 Å². The van der Waals surface area contributed by atoms with E-state index in [1.54, 1.807) is 6.26 Å². The molecular formula is C12H15NOS. The maximum Gasteiger partial charge on any atom is 0.120 e. The summed E-state index contributed by atoms with van der Waals surface area (Å²) >= 11 is 1.83. The summed E-state index contributed by atoms with van der Waals surface area (Å²) in [4.78, 5) is 2.73. The molecule has 2 aromatic heterocycles. The minimum absolute atomic E-state index is 0.266. The Kier molecular flexibility index (Phi) is 3.23. The van der Waals surface area contributed by atoms with Crippen LogP contribution in [0.15, 0.2) is 34.9 Å². The Morgan fingerprint density at radius 1 is 1.40 bits per heavy atom. The second-order valence-corrected chi connectivity index (χ2v) is 5.00. The van der Waals surface area contributed by atoms with Crippen LogP contribution in [0.1, 0.15) is 28.5 Å². The molecule has 2 rings (SSSR count). The SMILES string of the molecule is Cc1ccc(CN[C@H](C)c2ccco2)s1. The minimum atomic E-state index is 0.266. The molecule has 1 atom stereocenters. The van der Waals surface area contributed by atoms with Crippen LogP contribution in [-0.4, -0.2) is 0 Å². The lowest BCUT2D eigenvalue weighted by atomic mass is 10.2. The van der Waals surface area contributed by atoms with Crippen LogP contribution in [0.3, 0.4) is 0 Å². The summed E-state index contributed by atoms with van der Waals surface area (Å²) in [7, 11) is 0. The normalized spacial score (nSPS) is 12.9. The molecule has 0 amide bonds. The first-order valence-corrected chi connectivity index (χ1v) is 5.89. The second-order valence-electron chi connectivity index (χ2n) is 3.63. The number of rotatable bonds is 4. The van der Waals surface area contributed by atoms with Crippen molar-refractivity contribution in [1.82, 2.24) is 5.32 Å². The molecule has 0 radical (unpaired) electrons. The number of aryl methyl sites for hydroxylation is 1. The van der Waals surface area contributed by atoms with Crippen molar-refractivity contribution in [1.29, 1.82) is 0 Å². The largest absolute Gasteiger partial charge is 0.468 e. The predicted octanol–water partition coefficient (Wildman–Crippen LogP) is 3.50. The van der Waals surface area contributed by atoms with Crippen LogP contribution in [0.5, 0.6) is 0 Å². The van der Waals surface area contributed by atoms with E-state index in [0.29, 0.717) is 0 Å². The van der Waals surface area contributed by atoms with Gasteiger partial charge in [-0.3, -0.25) is 0 Å². The molecule has 80 valence electrons. The number of furan rings is 1. The Morgan fingerprint density at radius 3 is 2.87 bits per heavy atom. The lowest BCUT2D eigenvalue weighted by Crippen LogP contribution is -2.16. The van der Waals surface area contributed by atoms with Gasteiger partial charge in [-0.25, -0.2) is 0 Å². The molecule has 2 heterocycles. The summed E-state index contributed by atoms with van der Waals surface area (Å²) in [6.45, 7) is 5.14. The molecular weight excluding hydrogens is 206 g/mol. The first-order chi connectivity index (χ1) is 7.25. The van der Waals surface area contributed by atoms with Gasteiger partial charge < -0.3 is 9.73 Å². The average molecular weight is 221 g/mol. The van der Waals surface area contributed by atoms with Crippen LogP contribution >= 0.6 is 11.3 Å². The summed E-state index contributed by atoms with van der Waals surface area (Å²) in [5.74, 6) is 0.989. The molecule has 2 nitrogen and oxygen atoms in total. The summed E-state index contributed by atoms with van der Waals surface area (Å²) in [5.41, 5.74) is 0. The molecule has 0 aliphatic rings. The topological polar surface area (TPSA) is 25.2 Å². The third-order valence-electron chi connectivity index (χ3n) is 2.35. The van der Waals surface area contributed by atoms with Crippen LogP contribution in [0.4, 0.5) is 0 Å². The van der Waals surface area contributed by atoms with Crippen molar-refractivity contribution in [2.45, 2.75) is 26.4 Å². The van der Waals surface area contributed by atoms with Crippen LogP contribution in [0.25, 0.3) is 0 Å². The smallest absolute Gasteiger partial charge is 0.120 e. The number of thiophene rings is 1. The first kappa shape index (κ1) is 10.5. The van der Waals surface area contributed by atoms with Crippen molar-refractivity contribution in [2.24, 2.45) is 0 Å². The van der Waals surface area contributed by atoms with Crippen molar-refractivity contribution < 1.29 is 4.42 Å². The maximum atomic E-state index is 5.33. The van der Waals surface area contributed by atoms with Gasteiger partial charge >= 0.3 is 0 Å². The van der Waals surface area contributed by atoms with E-state index >= 15 is 0 Å². The van der Waals surface area contributed by atoms with Gasteiger partial charge in [-0.15, -0.1) is 11.3 Å². The van der Waals surface area contributed by atoms with Gasteiger partial charge in [0, 0.05) is 16.3 Å². The monoisotopic (exact) mass is 221 g/mol. The molecule has 2 aromatic rings. The molecule has 0 aliphatic heterocycles. The van der Waals surface area contributed by atoms with Gasteiger partial charge in [0.15, 0.2) is 0 Å². The molecule has 0 aliphatic carbocycles. The highest BCUT2D eigenvalue weighted by Gasteiger charge is 2.07. The van der Waals surface area contributed by atoms with Gasteiger partial charge in [0.2, 0.25) is 0 Å². The molecule has 0 aromatic carbocycles. The number of hydrogen-bond donors (Lipinski definition) is 1. The van der Waals surface area contributed by atoms with E-state index in [4.69, 9.17) is 4.42 Å². The van der Waals surface area contributed by atoms with Crippen LogP contribution in [0.2, 0.25) is 0 Å². The molecule has 0 unspecified atom stereocenters. The third kappa shape index (κ3) is 2.70. The highest BCUT2D eigenvalue weighted by molar-refractivity contribution is 7.11.